The number of rotatable bonds is 2. The van der Waals surface area contributed by atoms with E-state index in [1.807, 2.05) is 0 Å². The summed E-state index contributed by atoms with van der Waals surface area (Å²) >= 11 is 0. The molecule has 4 N–H and O–H groups in total. The van der Waals surface area contributed by atoms with Gasteiger partial charge < -0.3 is 15.9 Å². The van der Waals surface area contributed by atoms with Crippen molar-refractivity contribution in [1.29, 1.82) is 0 Å². The summed E-state index contributed by atoms with van der Waals surface area (Å²) in [7, 11) is 0. The molecule has 0 amide bonds. The minimum absolute atomic E-state index is 1.60. The summed E-state index contributed by atoms with van der Waals surface area (Å²) in [6.07, 6.45) is -2.76. The molecule has 0 saturated heterocycles. The van der Waals surface area contributed by atoms with E-state index in [0.29, 0.717) is 0 Å². The van der Waals surface area contributed by atoms with Crippen molar-refractivity contribution >= 4 is 5.97 Å². The standard InChI is InChI=1S/C4H9NO3/c1-2(6)3(5)4(7)8/h2-3,6H,5H2,1H3,(H,7,8)/t2-,3+/m1/s1/i1+1D2,2+1D,3+1,4+1,5+1. The third-order valence-electron chi connectivity index (χ3n) is 0.585. The van der Waals surface area contributed by atoms with Crippen LogP contribution in [-0.2, 0) is 4.79 Å². The minimum Gasteiger partial charge on any atom is -0.480 e. The Balaban J connectivity index is 4.41. The molecule has 2 atom stereocenters. The van der Waals surface area contributed by atoms with Crippen molar-refractivity contribution in [3.05, 3.63) is 0 Å². The normalized spacial score (nSPS) is 27.1. The molecule has 0 aromatic rings. The van der Waals surface area contributed by atoms with Gasteiger partial charge in [-0.15, -0.1) is 0 Å². The second-order valence-corrected chi connectivity index (χ2v) is 1.24. The monoisotopic (exact) mass is 127 g/mol. The summed E-state index contributed by atoms with van der Waals surface area (Å²) in [5.74, 6) is -1.60. The Bertz CT molecular complexity index is 161. The van der Waals surface area contributed by atoms with Crippen LogP contribution in [0.2, 0.25) is 0 Å². The molecule has 0 saturated carbocycles. The van der Waals surface area contributed by atoms with E-state index in [-0.39, 0.29) is 0 Å². The van der Waals surface area contributed by atoms with E-state index in [2.05, 4.69) is 0 Å². The van der Waals surface area contributed by atoms with Crippen LogP contribution >= 0.6 is 0 Å². The number of nitrogens with two attached hydrogens (primary N) is 1. The first-order valence-electron chi connectivity index (χ1n) is 3.51. The lowest BCUT2D eigenvalue weighted by molar-refractivity contribution is -0.140. The summed E-state index contributed by atoms with van der Waals surface area (Å²) in [6.45, 7) is -2.01. The molecule has 0 fully saturated rings. The largest absolute Gasteiger partial charge is 0.480 e. The highest BCUT2D eigenvalue weighted by molar-refractivity contribution is 5.73. The number of carboxylic acids is 1. The lowest BCUT2D eigenvalue weighted by Gasteiger charge is -2.06. The molecular weight excluding hydrogens is 115 g/mol. The third kappa shape index (κ3) is 1.90. The van der Waals surface area contributed by atoms with Gasteiger partial charge in [0.1, 0.15) is 6.04 Å². The van der Waals surface area contributed by atoms with Crippen molar-refractivity contribution < 1.29 is 19.1 Å². The van der Waals surface area contributed by atoms with Gasteiger partial charge in [0, 0.05) is 2.74 Å². The van der Waals surface area contributed by atoms with Gasteiger partial charge in [0.05, 0.1) is 7.45 Å². The Hall–Kier alpha value is -0.610. The topological polar surface area (TPSA) is 83.5 Å². The van der Waals surface area contributed by atoms with Crippen molar-refractivity contribution in [2.75, 3.05) is 0 Å². The van der Waals surface area contributed by atoms with Crippen molar-refractivity contribution in [3.8, 4) is 0 Å². The van der Waals surface area contributed by atoms with Crippen LogP contribution < -0.4 is 5.73 Å². The predicted molar refractivity (Wildman–Crippen MR) is 27.3 cm³/mol. The van der Waals surface area contributed by atoms with Crippen LogP contribution in [0.4, 0.5) is 0 Å². The first kappa shape index (κ1) is 3.42. The maximum absolute atomic E-state index is 10.1. The van der Waals surface area contributed by atoms with Crippen LogP contribution in [0.25, 0.3) is 0 Å². The van der Waals surface area contributed by atoms with E-state index in [1.54, 1.807) is 0 Å². The molecule has 0 heterocycles. The Morgan fingerprint density at radius 2 is 2.62 bits per heavy atom. The van der Waals surface area contributed by atoms with E-state index in [4.69, 9.17) is 20.1 Å². The molecule has 0 aliphatic heterocycles. The first-order chi connectivity index (χ1) is 4.80. The van der Waals surface area contributed by atoms with Gasteiger partial charge in [-0.3, -0.25) is 4.79 Å². The summed E-state index contributed by atoms with van der Waals surface area (Å²) in [5, 5.41) is 17.0. The fourth-order valence-electron chi connectivity index (χ4n) is 0.127. The molecule has 0 aromatic heterocycles. The molecule has 4 heteroatoms. The van der Waals surface area contributed by atoms with Gasteiger partial charge in [-0.05, 0) is 6.88 Å². The average molecular weight is 127 g/mol. The molecule has 0 rings (SSSR count). The van der Waals surface area contributed by atoms with Gasteiger partial charge in [0.25, 0.3) is 0 Å². The maximum Gasteiger partial charge on any atom is 0.323 e. The van der Waals surface area contributed by atoms with Gasteiger partial charge in [-0.2, -0.15) is 0 Å². The zero-order valence-corrected chi connectivity index (χ0v) is 4.03. The first-order valence-corrected chi connectivity index (χ1v) is 1.85. The van der Waals surface area contributed by atoms with Gasteiger partial charge in [-0.1, -0.05) is 0 Å². The van der Waals surface area contributed by atoms with Gasteiger partial charge in [0.2, 0.25) is 0 Å². The zero-order valence-electron chi connectivity index (χ0n) is 7.03. The molecule has 0 radical (unpaired) electrons. The lowest BCUT2D eigenvalue weighted by Crippen LogP contribution is -2.39. The molecule has 0 aliphatic carbocycles. The van der Waals surface area contributed by atoms with Crippen LogP contribution in [0, 0.1) is 0 Å². The maximum atomic E-state index is 10.1. The number of hydrogen-bond donors (Lipinski definition) is 3. The van der Waals surface area contributed by atoms with Crippen LogP contribution in [0.5, 0.6) is 0 Å². The molecule has 8 heavy (non-hydrogen) atoms. The van der Waals surface area contributed by atoms with E-state index in [9.17, 15) is 4.79 Å². The lowest BCUT2D eigenvalue weighted by atomic mass is 11.2. The van der Waals surface area contributed by atoms with Gasteiger partial charge >= 0.3 is 5.97 Å². The number of aliphatic carboxylic acids is 1. The quantitative estimate of drug-likeness (QED) is 0.320. The summed E-state index contributed by atoms with van der Waals surface area (Å²) in [4.78, 5) is 10.1. The zero-order chi connectivity index (χ0) is 9.23. The highest BCUT2D eigenvalue weighted by Gasteiger charge is 2.16. The van der Waals surface area contributed by atoms with Crippen LogP contribution in [0.1, 0.15) is 11.0 Å². The molecule has 48 valence electrons. The second-order valence-electron chi connectivity index (χ2n) is 1.24. The minimum atomic E-state index is -2.76. The number of carboxylic acid groups (broad SMARTS) is 1. The smallest absolute Gasteiger partial charge is 0.323 e. The Labute approximate surface area is 51.1 Å². The molecule has 0 unspecified atom stereocenters. The molecule has 0 spiro atoms. The molecule has 0 bridgehead atoms. The summed E-state index contributed by atoms with van der Waals surface area (Å²) in [6, 6.07) is -1.93. The van der Waals surface area contributed by atoms with Crippen molar-refractivity contribution in [1.82, 2.24) is 0 Å². The number of carbonyl (C=O) groups is 1. The molecule has 0 aliphatic rings. The van der Waals surface area contributed by atoms with Crippen LogP contribution in [0.15, 0.2) is 0 Å². The van der Waals surface area contributed by atoms with E-state index in [1.165, 1.54) is 0 Å². The highest BCUT2D eigenvalue weighted by Crippen LogP contribution is 1.85. The van der Waals surface area contributed by atoms with E-state index in [0.717, 1.165) is 0 Å². The Morgan fingerprint density at radius 1 is 2.12 bits per heavy atom. The third-order valence-corrected chi connectivity index (χ3v) is 0.585. The molecule has 0 aromatic carbocycles. The average Bonchev–Trinajstić information content (AvgIpc) is 1.85. The second kappa shape index (κ2) is 2.64. The van der Waals surface area contributed by atoms with Gasteiger partial charge in [-0.25, -0.2) is 0 Å². The van der Waals surface area contributed by atoms with Crippen molar-refractivity contribution in [2.24, 2.45) is 5.73 Å². The van der Waals surface area contributed by atoms with E-state index < -0.39 is 25.0 Å². The summed E-state index contributed by atoms with van der Waals surface area (Å²) in [5.41, 5.74) is 4.82. The fourth-order valence-corrected chi connectivity index (χ4v) is 0.127. The highest BCUT2D eigenvalue weighted by atomic mass is 16.5. The SMILES string of the molecule is [2H][13CH]([2H])[13C@@]([2H])(O)[13C@H]([15NH2])[13C](=O)O. The summed E-state index contributed by atoms with van der Waals surface area (Å²) < 4.78 is 20.0. The van der Waals surface area contributed by atoms with Crippen LogP contribution in [-0.4, -0.2) is 28.3 Å². The van der Waals surface area contributed by atoms with Crippen molar-refractivity contribution in [2.45, 2.75) is 19.0 Å². The van der Waals surface area contributed by atoms with E-state index >= 15 is 0 Å². The molecule has 4 nitrogen and oxygen atoms in total. The number of hydrogen-bond acceptors (Lipinski definition) is 3. The van der Waals surface area contributed by atoms with Crippen molar-refractivity contribution in [3.63, 3.8) is 0 Å². The number of aliphatic hydroxyl groups is 1. The Morgan fingerprint density at radius 3 is 2.75 bits per heavy atom. The fraction of sp³-hybridized carbons (Fsp3) is 0.750. The van der Waals surface area contributed by atoms with Gasteiger partial charge in [0.15, 0.2) is 0 Å². The predicted octanol–water partition coefficient (Wildman–Crippen LogP) is -1.22. The van der Waals surface area contributed by atoms with Crippen LogP contribution in [0.3, 0.4) is 0 Å². The Kier molecular flexibility index (Phi) is 1.13. The molecular formula is C4H9NO3.